The van der Waals surface area contributed by atoms with Crippen molar-refractivity contribution in [2.45, 2.75) is 0 Å². The van der Waals surface area contributed by atoms with E-state index >= 15 is 0 Å². The molecule has 2 aromatic rings. The van der Waals surface area contributed by atoms with Crippen molar-refractivity contribution >= 4 is 11.6 Å². The van der Waals surface area contributed by atoms with E-state index in [1.165, 1.54) is 24.5 Å². The fraction of sp³-hybridized carbons (Fsp3) is 0. The van der Waals surface area contributed by atoms with Crippen molar-refractivity contribution < 1.29 is 13.6 Å². The molecule has 1 amide bonds. The van der Waals surface area contributed by atoms with Gasteiger partial charge in [-0.3, -0.25) is 4.79 Å². The molecule has 0 atom stereocenters. The van der Waals surface area contributed by atoms with Gasteiger partial charge in [-0.15, -0.1) is 0 Å². The van der Waals surface area contributed by atoms with Gasteiger partial charge in [0.05, 0.1) is 12.0 Å². The Hall–Kier alpha value is -2.61. The van der Waals surface area contributed by atoms with E-state index in [1.807, 2.05) is 0 Å². The van der Waals surface area contributed by atoms with Gasteiger partial charge >= 0.3 is 0 Å². The standard InChI is InChI=1S/C12H7FN2O2/c13-9-3-1-4-10(8(9)7-14)15-12(16)11-5-2-6-17-11/h1-6H,(H,15,16). The SMILES string of the molecule is N#Cc1c(F)cccc1NC(=O)c1ccco1. The summed E-state index contributed by atoms with van der Waals surface area (Å²) in [4.78, 5) is 11.6. The number of anilines is 1. The fourth-order valence-electron chi connectivity index (χ4n) is 1.33. The van der Waals surface area contributed by atoms with Gasteiger partial charge in [-0.05, 0) is 24.3 Å². The van der Waals surface area contributed by atoms with Crippen LogP contribution in [0.25, 0.3) is 0 Å². The van der Waals surface area contributed by atoms with Gasteiger partial charge in [0.15, 0.2) is 5.76 Å². The maximum atomic E-state index is 13.2. The zero-order valence-electron chi connectivity index (χ0n) is 8.61. The van der Waals surface area contributed by atoms with Gasteiger partial charge in [-0.1, -0.05) is 6.07 Å². The molecule has 0 aliphatic carbocycles. The summed E-state index contributed by atoms with van der Waals surface area (Å²) in [6.45, 7) is 0. The zero-order valence-corrected chi connectivity index (χ0v) is 8.61. The van der Waals surface area contributed by atoms with Crippen LogP contribution in [-0.4, -0.2) is 5.91 Å². The molecule has 0 aliphatic rings. The summed E-state index contributed by atoms with van der Waals surface area (Å²) < 4.78 is 18.1. The molecule has 17 heavy (non-hydrogen) atoms. The van der Waals surface area contributed by atoms with E-state index in [9.17, 15) is 9.18 Å². The van der Waals surface area contributed by atoms with Gasteiger partial charge in [-0.2, -0.15) is 5.26 Å². The van der Waals surface area contributed by atoms with E-state index in [1.54, 1.807) is 12.1 Å². The molecule has 0 bridgehead atoms. The second kappa shape index (κ2) is 4.49. The van der Waals surface area contributed by atoms with Crippen LogP contribution in [0.1, 0.15) is 16.1 Å². The predicted octanol–water partition coefficient (Wildman–Crippen LogP) is 2.54. The molecule has 1 heterocycles. The molecule has 1 aromatic carbocycles. The van der Waals surface area contributed by atoms with Crippen LogP contribution < -0.4 is 5.32 Å². The van der Waals surface area contributed by atoms with E-state index in [-0.39, 0.29) is 17.0 Å². The van der Waals surface area contributed by atoms with Crippen molar-refractivity contribution in [2.75, 3.05) is 5.32 Å². The first kappa shape index (κ1) is 10.9. The van der Waals surface area contributed by atoms with Crippen molar-refractivity contribution in [3.05, 3.63) is 53.7 Å². The van der Waals surface area contributed by atoms with Crippen molar-refractivity contribution in [1.29, 1.82) is 5.26 Å². The first-order chi connectivity index (χ1) is 8.22. The van der Waals surface area contributed by atoms with Gasteiger partial charge < -0.3 is 9.73 Å². The molecule has 5 heteroatoms. The summed E-state index contributed by atoms with van der Waals surface area (Å²) in [6, 6.07) is 8.74. The number of furan rings is 1. The molecular weight excluding hydrogens is 223 g/mol. The summed E-state index contributed by atoms with van der Waals surface area (Å²) in [7, 11) is 0. The number of carbonyl (C=O) groups is 1. The molecule has 0 unspecified atom stereocenters. The van der Waals surface area contributed by atoms with Crippen LogP contribution in [0, 0.1) is 17.1 Å². The van der Waals surface area contributed by atoms with Crippen molar-refractivity contribution in [3.8, 4) is 6.07 Å². The second-order valence-electron chi connectivity index (χ2n) is 3.21. The average molecular weight is 230 g/mol. The number of hydrogen-bond acceptors (Lipinski definition) is 3. The third-order valence-electron chi connectivity index (χ3n) is 2.12. The van der Waals surface area contributed by atoms with Crippen LogP contribution in [0.2, 0.25) is 0 Å². The summed E-state index contributed by atoms with van der Waals surface area (Å²) in [5.41, 5.74) is -0.0821. The summed E-state index contributed by atoms with van der Waals surface area (Å²) in [5.74, 6) is -1.11. The topological polar surface area (TPSA) is 66.0 Å². The zero-order chi connectivity index (χ0) is 12.3. The van der Waals surface area contributed by atoms with Crippen LogP contribution in [0.5, 0.6) is 0 Å². The van der Waals surface area contributed by atoms with Crippen LogP contribution in [0.15, 0.2) is 41.0 Å². The van der Waals surface area contributed by atoms with Crippen molar-refractivity contribution in [1.82, 2.24) is 0 Å². The van der Waals surface area contributed by atoms with E-state index in [4.69, 9.17) is 9.68 Å². The van der Waals surface area contributed by atoms with Crippen LogP contribution in [0.3, 0.4) is 0 Å². The minimum Gasteiger partial charge on any atom is -0.459 e. The molecule has 0 saturated carbocycles. The quantitative estimate of drug-likeness (QED) is 0.862. The summed E-state index contributed by atoms with van der Waals surface area (Å²) in [5, 5.41) is 11.2. The van der Waals surface area contributed by atoms with Crippen LogP contribution in [-0.2, 0) is 0 Å². The van der Waals surface area contributed by atoms with E-state index in [0.29, 0.717) is 0 Å². The molecule has 0 saturated heterocycles. The second-order valence-corrected chi connectivity index (χ2v) is 3.21. The van der Waals surface area contributed by atoms with Crippen LogP contribution in [0.4, 0.5) is 10.1 Å². The third kappa shape index (κ3) is 2.16. The third-order valence-corrected chi connectivity index (χ3v) is 2.12. The van der Waals surface area contributed by atoms with Crippen molar-refractivity contribution in [2.24, 2.45) is 0 Å². The highest BCUT2D eigenvalue weighted by Crippen LogP contribution is 2.18. The molecule has 0 spiro atoms. The fourth-order valence-corrected chi connectivity index (χ4v) is 1.33. The molecule has 1 N–H and O–H groups in total. The lowest BCUT2D eigenvalue weighted by Crippen LogP contribution is -2.12. The Kier molecular flexibility index (Phi) is 2.88. The summed E-state index contributed by atoms with van der Waals surface area (Å²) >= 11 is 0. The maximum Gasteiger partial charge on any atom is 0.291 e. The lowest BCUT2D eigenvalue weighted by molar-refractivity contribution is 0.0996. The van der Waals surface area contributed by atoms with Gasteiger partial charge in [0.25, 0.3) is 5.91 Å². The number of hydrogen-bond donors (Lipinski definition) is 1. The first-order valence-electron chi connectivity index (χ1n) is 4.76. The number of nitrogens with zero attached hydrogens (tertiary/aromatic N) is 1. The Morgan fingerprint density at radius 3 is 2.82 bits per heavy atom. The Labute approximate surface area is 96.3 Å². The Balaban J connectivity index is 2.29. The van der Waals surface area contributed by atoms with E-state index in [0.717, 1.165) is 6.07 Å². The Morgan fingerprint density at radius 1 is 1.35 bits per heavy atom. The monoisotopic (exact) mass is 230 g/mol. The Bertz CT molecular complexity index is 585. The van der Waals surface area contributed by atoms with Gasteiger partial charge in [0.1, 0.15) is 17.4 Å². The number of rotatable bonds is 2. The molecule has 84 valence electrons. The molecule has 0 fully saturated rings. The number of halogens is 1. The molecule has 2 rings (SSSR count). The normalized spacial score (nSPS) is 9.65. The molecule has 1 aromatic heterocycles. The van der Waals surface area contributed by atoms with Gasteiger partial charge in [0, 0.05) is 0 Å². The molecular formula is C12H7FN2O2. The average Bonchev–Trinajstić information content (AvgIpc) is 2.82. The van der Waals surface area contributed by atoms with Gasteiger partial charge in [0.2, 0.25) is 0 Å². The number of benzene rings is 1. The molecule has 4 nitrogen and oxygen atoms in total. The lowest BCUT2D eigenvalue weighted by Gasteiger charge is -2.05. The number of nitriles is 1. The van der Waals surface area contributed by atoms with E-state index < -0.39 is 11.7 Å². The number of carbonyl (C=O) groups excluding carboxylic acids is 1. The summed E-state index contributed by atoms with van der Waals surface area (Å²) in [6.07, 6.45) is 1.35. The van der Waals surface area contributed by atoms with Gasteiger partial charge in [-0.25, -0.2) is 4.39 Å². The number of amides is 1. The maximum absolute atomic E-state index is 13.2. The highest BCUT2D eigenvalue weighted by atomic mass is 19.1. The highest BCUT2D eigenvalue weighted by molar-refractivity contribution is 6.02. The minimum atomic E-state index is -0.676. The lowest BCUT2D eigenvalue weighted by atomic mass is 10.2. The predicted molar refractivity (Wildman–Crippen MR) is 57.8 cm³/mol. The first-order valence-corrected chi connectivity index (χ1v) is 4.76. The van der Waals surface area contributed by atoms with Crippen LogP contribution >= 0.6 is 0 Å². The highest BCUT2D eigenvalue weighted by Gasteiger charge is 2.13. The van der Waals surface area contributed by atoms with Crippen molar-refractivity contribution in [3.63, 3.8) is 0 Å². The number of nitrogens with one attached hydrogen (secondary N) is 1. The molecule has 0 aliphatic heterocycles. The largest absolute Gasteiger partial charge is 0.459 e. The molecule has 0 radical (unpaired) electrons. The van der Waals surface area contributed by atoms with E-state index in [2.05, 4.69) is 5.32 Å². The Morgan fingerprint density at radius 2 is 2.18 bits per heavy atom. The smallest absolute Gasteiger partial charge is 0.291 e. The minimum absolute atomic E-state index is 0.0955.